The third-order valence-corrected chi connectivity index (χ3v) is 3.03. The number of hydrogen-bond acceptors (Lipinski definition) is 3. The Morgan fingerprint density at radius 3 is 2.38 bits per heavy atom. The second kappa shape index (κ2) is 4.82. The summed E-state index contributed by atoms with van der Waals surface area (Å²) >= 11 is 0. The van der Waals surface area contributed by atoms with E-state index in [9.17, 15) is 9.59 Å². The molecule has 0 aromatic carbocycles. The van der Waals surface area contributed by atoms with E-state index in [0.717, 1.165) is 6.42 Å². The summed E-state index contributed by atoms with van der Waals surface area (Å²) in [5.41, 5.74) is -0.692. The standard InChI is InChI=1S/C11H19NO4/c1-11(2,6-13)12-9(14)7-4-3-5-8(7)10(15)16/h7-8,13H,3-6H2,1-2H3,(H,12,14)(H,15,16). The Labute approximate surface area is 94.8 Å². The number of aliphatic hydroxyl groups is 1. The van der Waals surface area contributed by atoms with Crippen molar-refractivity contribution in [1.82, 2.24) is 5.32 Å². The largest absolute Gasteiger partial charge is 0.481 e. The second-order valence-electron chi connectivity index (χ2n) is 5.01. The first kappa shape index (κ1) is 13.0. The lowest BCUT2D eigenvalue weighted by Gasteiger charge is -2.26. The van der Waals surface area contributed by atoms with Crippen LogP contribution in [0.1, 0.15) is 33.1 Å². The van der Waals surface area contributed by atoms with Crippen molar-refractivity contribution in [3.05, 3.63) is 0 Å². The van der Waals surface area contributed by atoms with Gasteiger partial charge in [0.25, 0.3) is 0 Å². The van der Waals surface area contributed by atoms with Crippen LogP contribution in [0.3, 0.4) is 0 Å². The lowest BCUT2D eigenvalue weighted by atomic mass is 9.94. The van der Waals surface area contributed by atoms with E-state index in [2.05, 4.69) is 5.32 Å². The van der Waals surface area contributed by atoms with Crippen LogP contribution in [0.4, 0.5) is 0 Å². The van der Waals surface area contributed by atoms with Crippen LogP contribution in [-0.2, 0) is 9.59 Å². The van der Waals surface area contributed by atoms with Gasteiger partial charge in [-0.15, -0.1) is 0 Å². The van der Waals surface area contributed by atoms with Crippen LogP contribution < -0.4 is 5.32 Å². The van der Waals surface area contributed by atoms with Gasteiger partial charge in [-0.1, -0.05) is 6.42 Å². The second-order valence-corrected chi connectivity index (χ2v) is 5.01. The quantitative estimate of drug-likeness (QED) is 0.650. The Kier molecular flexibility index (Phi) is 3.91. The Balaban J connectivity index is 2.63. The average molecular weight is 229 g/mol. The third-order valence-electron chi connectivity index (χ3n) is 3.03. The van der Waals surface area contributed by atoms with E-state index in [1.54, 1.807) is 13.8 Å². The Hall–Kier alpha value is -1.10. The zero-order valence-electron chi connectivity index (χ0n) is 9.69. The van der Waals surface area contributed by atoms with Crippen molar-refractivity contribution in [2.24, 2.45) is 11.8 Å². The minimum atomic E-state index is -0.903. The third kappa shape index (κ3) is 2.95. The van der Waals surface area contributed by atoms with Gasteiger partial charge in [0.1, 0.15) is 0 Å². The van der Waals surface area contributed by atoms with Crippen molar-refractivity contribution in [2.45, 2.75) is 38.6 Å². The van der Waals surface area contributed by atoms with Gasteiger partial charge in [-0.2, -0.15) is 0 Å². The molecule has 2 atom stereocenters. The van der Waals surface area contributed by atoms with Crippen LogP contribution in [0, 0.1) is 11.8 Å². The molecule has 0 aromatic heterocycles. The fraction of sp³-hybridized carbons (Fsp3) is 0.818. The smallest absolute Gasteiger partial charge is 0.307 e. The van der Waals surface area contributed by atoms with E-state index < -0.39 is 23.3 Å². The molecule has 3 N–H and O–H groups in total. The molecule has 1 saturated carbocycles. The van der Waals surface area contributed by atoms with Gasteiger partial charge in [0.2, 0.25) is 5.91 Å². The molecular formula is C11H19NO4. The van der Waals surface area contributed by atoms with Crippen molar-refractivity contribution in [3.8, 4) is 0 Å². The van der Waals surface area contributed by atoms with E-state index in [4.69, 9.17) is 10.2 Å². The highest BCUT2D eigenvalue weighted by atomic mass is 16.4. The monoisotopic (exact) mass is 229 g/mol. The molecular weight excluding hydrogens is 210 g/mol. The number of amides is 1. The van der Waals surface area contributed by atoms with Gasteiger partial charge >= 0.3 is 5.97 Å². The number of nitrogens with one attached hydrogen (secondary N) is 1. The molecule has 1 aliphatic rings. The molecule has 16 heavy (non-hydrogen) atoms. The summed E-state index contributed by atoms with van der Waals surface area (Å²) in [5.74, 6) is -2.19. The minimum Gasteiger partial charge on any atom is -0.481 e. The first-order chi connectivity index (χ1) is 7.37. The van der Waals surface area contributed by atoms with Crippen LogP contribution in [0.5, 0.6) is 0 Å². The Bertz CT molecular complexity index is 288. The summed E-state index contributed by atoms with van der Waals surface area (Å²) in [6, 6.07) is 0. The highest BCUT2D eigenvalue weighted by molar-refractivity contribution is 5.85. The van der Waals surface area contributed by atoms with Crippen LogP contribution in [0.25, 0.3) is 0 Å². The topological polar surface area (TPSA) is 86.6 Å². The Morgan fingerprint density at radius 2 is 1.88 bits per heavy atom. The number of aliphatic hydroxyl groups excluding tert-OH is 1. The molecule has 1 aliphatic carbocycles. The summed E-state index contributed by atoms with van der Waals surface area (Å²) < 4.78 is 0. The number of hydrogen-bond donors (Lipinski definition) is 3. The fourth-order valence-corrected chi connectivity index (χ4v) is 2.04. The van der Waals surface area contributed by atoms with E-state index in [0.29, 0.717) is 12.8 Å². The van der Waals surface area contributed by atoms with E-state index >= 15 is 0 Å². The zero-order chi connectivity index (χ0) is 12.3. The molecule has 0 heterocycles. The lowest BCUT2D eigenvalue weighted by molar-refractivity contribution is -0.146. The van der Waals surface area contributed by atoms with Gasteiger partial charge in [-0.25, -0.2) is 0 Å². The van der Waals surface area contributed by atoms with Crippen LogP contribution in [-0.4, -0.2) is 34.2 Å². The summed E-state index contributed by atoms with van der Waals surface area (Å²) in [7, 11) is 0. The molecule has 0 saturated heterocycles. The number of rotatable bonds is 4. The fourth-order valence-electron chi connectivity index (χ4n) is 2.04. The number of carboxylic acid groups (broad SMARTS) is 1. The van der Waals surface area contributed by atoms with Crippen molar-refractivity contribution >= 4 is 11.9 Å². The average Bonchev–Trinajstić information content (AvgIpc) is 2.65. The molecule has 1 amide bonds. The van der Waals surface area contributed by atoms with E-state index in [-0.39, 0.29) is 12.5 Å². The highest BCUT2D eigenvalue weighted by Gasteiger charge is 2.39. The Morgan fingerprint density at radius 1 is 1.31 bits per heavy atom. The van der Waals surface area contributed by atoms with Gasteiger partial charge in [-0.05, 0) is 26.7 Å². The molecule has 1 fully saturated rings. The predicted octanol–water partition coefficient (Wildman–Crippen LogP) is 0.374. The maximum Gasteiger partial charge on any atom is 0.307 e. The maximum absolute atomic E-state index is 11.8. The van der Waals surface area contributed by atoms with Crippen molar-refractivity contribution < 1.29 is 19.8 Å². The normalized spacial score (nSPS) is 25.4. The van der Waals surface area contributed by atoms with E-state index in [1.807, 2.05) is 0 Å². The van der Waals surface area contributed by atoms with Gasteiger partial charge in [0.15, 0.2) is 0 Å². The predicted molar refractivity (Wildman–Crippen MR) is 57.8 cm³/mol. The number of carbonyl (C=O) groups is 2. The van der Waals surface area contributed by atoms with Gasteiger partial charge in [-0.3, -0.25) is 9.59 Å². The molecule has 0 radical (unpaired) electrons. The summed E-state index contributed by atoms with van der Waals surface area (Å²) in [6.45, 7) is 3.24. The molecule has 0 spiro atoms. The van der Waals surface area contributed by atoms with Gasteiger partial charge < -0.3 is 15.5 Å². The van der Waals surface area contributed by atoms with E-state index in [1.165, 1.54) is 0 Å². The van der Waals surface area contributed by atoms with Crippen molar-refractivity contribution in [2.75, 3.05) is 6.61 Å². The zero-order valence-corrected chi connectivity index (χ0v) is 9.69. The molecule has 0 bridgehead atoms. The highest BCUT2D eigenvalue weighted by Crippen LogP contribution is 2.32. The molecule has 1 rings (SSSR count). The molecule has 5 heteroatoms. The SMILES string of the molecule is CC(C)(CO)NC(=O)C1CCCC1C(=O)O. The lowest BCUT2D eigenvalue weighted by Crippen LogP contribution is -2.49. The van der Waals surface area contributed by atoms with Crippen molar-refractivity contribution in [3.63, 3.8) is 0 Å². The number of carbonyl (C=O) groups excluding carboxylic acids is 1. The summed E-state index contributed by atoms with van der Waals surface area (Å²) in [5, 5.41) is 20.7. The summed E-state index contributed by atoms with van der Waals surface area (Å²) in [6.07, 6.45) is 1.95. The molecule has 0 aliphatic heterocycles. The van der Waals surface area contributed by atoms with Gasteiger partial charge in [0, 0.05) is 0 Å². The molecule has 0 aromatic rings. The maximum atomic E-state index is 11.8. The van der Waals surface area contributed by atoms with Crippen LogP contribution in [0.15, 0.2) is 0 Å². The first-order valence-electron chi connectivity index (χ1n) is 5.53. The van der Waals surface area contributed by atoms with Gasteiger partial charge in [0.05, 0.1) is 24.0 Å². The summed E-state index contributed by atoms with van der Waals surface area (Å²) in [4.78, 5) is 22.8. The molecule has 92 valence electrons. The minimum absolute atomic E-state index is 0.163. The van der Waals surface area contributed by atoms with Crippen molar-refractivity contribution in [1.29, 1.82) is 0 Å². The molecule has 2 unspecified atom stereocenters. The number of aliphatic carboxylic acids is 1. The molecule has 5 nitrogen and oxygen atoms in total. The first-order valence-corrected chi connectivity index (χ1v) is 5.53. The van der Waals surface area contributed by atoms with Crippen LogP contribution in [0.2, 0.25) is 0 Å². The van der Waals surface area contributed by atoms with Crippen LogP contribution >= 0.6 is 0 Å². The number of carboxylic acids is 1.